The molecule has 0 saturated heterocycles. The molecule has 1 aliphatic rings. The Kier molecular flexibility index (Phi) is 2.60. The maximum atomic E-state index is 10.6. The van der Waals surface area contributed by atoms with E-state index in [1.165, 1.54) is 11.3 Å². The van der Waals surface area contributed by atoms with Gasteiger partial charge >= 0.3 is 5.97 Å². The predicted molar refractivity (Wildman–Crippen MR) is 56.7 cm³/mol. The summed E-state index contributed by atoms with van der Waals surface area (Å²) in [6.45, 7) is 0. The van der Waals surface area contributed by atoms with Crippen LogP contribution in [0.3, 0.4) is 0 Å². The standard InChI is InChI=1S/C11H14N2O2/c12-9(11(14)15)5-7-6-13-10-4-2-1-3-8(7)10/h1-2,6,9,13H,3-5,12H2,(H,14,15)/t9-/m0/s1. The van der Waals surface area contributed by atoms with Gasteiger partial charge in [-0.25, -0.2) is 0 Å². The molecule has 4 N–H and O–H groups in total. The van der Waals surface area contributed by atoms with Crippen molar-refractivity contribution < 1.29 is 9.90 Å². The first-order valence-electron chi connectivity index (χ1n) is 5.00. The number of rotatable bonds is 3. The number of nitrogens with one attached hydrogen (secondary N) is 1. The van der Waals surface area contributed by atoms with Crippen molar-refractivity contribution in [3.63, 3.8) is 0 Å². The molecule has 1 heterocycles. The molecule has 80 valence electrons. The second kappa shape index (κ2) is 3.90. The van der Waals surface area contributed by atoms with Gasteiger partial charge in [0, 0.05) is 24.7 Å². The number of fused-ring (bicyclic) bond motifs is 1. The van der Waals surface area contributed by atoms with Crippen molar-refractivity contribution in [2.75, 3.05) is 0 Å². The van der Waals surface area contributed by atoms with Crippen molar-refractivity contribution in [1.29, 1.82) is 0 Å². The van der Waals surface area contributed by atoms with Crippen LogP contribution in [-0.2, 0) is 24.1 Å². The molecule has 1 atom stereocenters. The molecule has 2 rings (SSSR count). The number of carbonyl (C=O) groups is 1. The lowest BCUT2D eigenvalue weighted by molar-refractivity contribution is -0.138. The third kappa shape index (κ3) is 1.94. The van der Waals surface area contributed by atoms with Gasteiger partial charge in [0.1, 0.15) is 6.04 Å². The smallest absolute Gasteiger partial charge is 0.320 e. The molecule has 0 aliphatic heterocycles. The summed E-state index contributed by atoms with van der Waals surface area (Å²) < 4.78 is 0. The number of hydrogen-bond donors (Lipinski definition) is 3. The fourth-order valence-corrected chi connectivity index (χ4v) is 1.89. The second-order valence-corrected chi connectivity index (χ2v) is 3.80. The van der Waals surface area contributed by atoms with Gasteiger partial charge in [-0.05, 0) is 17.5 Å². The monoisotopic (exact) mass is 206 g/mol. The zero-order valence-corrected chi connectivity index (χ0v) is 8.36. The molecule has 1 aromatic heterocycles. The molecule has 15 heavy (non-hydrogen) atoms. The predicted octanol–water partition coefficient (Wildman–Crippen LogP) is 0.624. The lowest BCUT2D eigenvalue weighted by Gasteiger charge is -2.10. The molecular formula is C11H14N2O2. The lowest BCUT2D eigenvalue weighted by atomic mass is 9.97. The summed E-state index contributed by atoms with van der Waals surface area (Å²) in [6.07, 6.45) is 8.26. The fraction of sp³-hybridized carbons (Fsp3) is 0.364. The van der Waals surface area contributed by atoms with E-state index in [1.54, 1.807) is 0 Å². The highest BCUT2D eigenvalue weighted by Gasteiger charge is 2.17. The number of carboxylic acids is 1. The van der Waals surface area contributed by atoms with Crippen molar-refractivity contribution >= 4 is 5.97 Å². The van der Waals surface area contributed by atoms with Gasteiger partial charge in [-0.3, -0.25) is 4.79 Å². The van der Waals surface area contributed by atoms with Crippen LogP contribution in [0, 0.1) is 0 Å². The highest BCUT2D eigenvalue weighted by atomic mass is 16.4. The van der Waals surface area contributed by atoms with Gasteiger partial charge in [0.15, 0.2) is 0 Å². The van der Waals surface area contributed by atoms with E-state index < -0.39 is 12.0 Å². The maximum Gasteiger partial charge on any atom is 0.320 e. The van der Waals surface area contributed by atoms with Gasteiger partial charge in [-0.1, -0.05) is 12.2 Å². The largest absolute Gasteiger partial charge is 0.480 e. The van der Waals surface area contributed by atoms with Crippen molar-refractivity contribution in [2.24, 2.45) is 5.73 Å². The maximum absolute atomic E-state index is 10.6. The average molecular weight is 206 g/mol. The normalized spacial score (nSPS) is 16.1. The van der Waals surface area contributed by atoms with Crippen LogP contribution in [0.25, 0.3) is 0 Å². The molecule has 0 fully saturated rings. The second-order valence-electron chi connectivity index (χ2n) is 3.80. The third-order valence-corrected chi connectivity index (χ3v) is 2.74. The molecule has 0 bridgehead atoms. The van der Waals surface area contributed by atoms with Gasteiger partial charge in [0.2, 0.25) is 0 Å². The molecule has 4 nitrogen and oxygen atoms in total. The summed E-state index contributed by atoms with van der Waals surface area (Å²) in [7, 11) is 0. The molecule has 0 amide bonds. The minimum absolute atomic E-state index is 0.398. The Morgan fingerprint density at radius 2 is 2.27 bits per heavy atom. The highest BCUT2D eigenvalue weighted by molar-refractivity contribution is 5.73. The van der Waals surface area contributed by atoms with Crippen LogP contribution in [-0.4, -0.2) is 22.1 Å². The van der Waals surface area contributed by atoms with E-state index in [-0.39, 0.29) is 0 Å². The van der Waals surface area contributed by atoms with Gasteiger partial charge in [0.05, 0.1) is 0 Å². The van der Waals surface area contributed by atoms with Crippen LogP contribution in [0.1, 0.15) is 16.8 Å². The van der Waals surface area contributed by atoms with Gasteiger partial charge in [-0.15, -0.1) is 0 Å². The van der Waals surface area contributed by atoms with E-state index >= 15 is 0 Å². The minimum Gasteiger partial charge on any atom is -0.480 e. The topological polar surface area (TPSA) is 79.1 Å². The number of allylic oxidation sites excluding steroid dienone is 2. The van der Waals surface area contributed by atoms with Crippen molar-refractivity contribution in [3.05, 3.63) is 35.2 Å². The SMILES string of the molecule is N[C@@H](Cc1c[nH]c2c1CC=CC2)C(=O)O. The van der Waals surface area contributed by atoms with E-state index in [0.29, 0.717) is 6.42 Å². The summed E-state index contributed by atoms with van der Waals surface area (Å²) in [6, 6.07) is -0.809. The minimum atomic E-state index is -0.948. The van der Waals surface area contributed by atoms with Gasteiger partial charge < -0.3 is 15.8 Å². The Hall–Kier alpha value is -1.55. The zero-order chi connectivity index (χ0) is 10.8. The van der Waals surface area contributed by atoms with Gasteiger partial charge in [0.25, 0.3) is 0 Å². The van der Waals surface area contributed by atoms with Crippen LogP contribution >= 0.6 is 0 Å². The summed E-state index contributed by atoms with van der Waals surface area (Å²) in [5.41, 5.74) is 8.94. The molecular weight excluding hydrogens is 192 g/mol. The first kappa shape index (κ1) is 9.98. The number of H-pyrrole nitrogens is 1. The average Bonchev–Trinajstić information content (AvgIpc) is 2.62. The Morgan fingerprint density at radius 1 is 1.53 bits per heavy atom. The molecule has 0 spiro atoms. The number of hydrogen-bond acceptors (Lipinski definition) is 2. The van der Waals surface area contributed by atoms with Crippen LogP contribution in [0.15, 0.2) is 18.3 Å². The number of carboxylic acid groups (broad SMARTS) is 1. The highest BCUT2D eigenvalue weighted by Crippen LogP contribution is 2.21. The van der Waals surface area contributed by atoms with E-state index in [4.69, 9.17) is 10.8 Å². The Balaban J connectivity index is 2.17. The molecule has 4 heteroatoms. The van der Waals surface area contributed by atoms with Crippen LogP contribution in [0.2, 0.25) is 0 Å². The van der Waals surface area contributed by atoms with Crippen molar-refractivity contribution in [3.8, 4) is 0 Å². The number of aromatic nitrogens is 1. The summed E-state index contributed by atoms with van der Waals surface area (Å²) in [5.74, 6) is -0.948. The van der Waals surface area contributed by atoms with Crippen molar-refractivity contribution in [2.45, 2.75) is 25.3 Å². The summed E-state index contributed by atoms with van der Waals surface area (Å²) >= 11 is 0. The third-order valence-electron chi connectivity index (χ3n) is 2.74. The first-order valence-corrected chi connectivity index (χ1v) is 5.00. The Morgan fingerprint density at radius 3 is 3.00 bits per heavy atom. The van der Waals surface area contributed by atoms with E-state index in [9.17, 15) is 4.79 Å². The van der Waals surface area contributed by atoms with Crippen molar-refractivity contribution in [1.82, 2.24) is 4.98 Å². The van der Waals surface area contributed by atoms with E-state index in [2.05, 4.69) is 17.1 Å². The van der Waals surface area contributed by atoms with E-state index in [0.717, 1.165) is 18.4 Å². The van der Waals surface area contributed by atoms with Crippen LogP contribution in [0.4, 0.5) is 0 Å². The van der Waals surface area contributed by atoms with E-state index in [1.807, 2.05) is 6.20 Å². The summed E-state index contributed by atoms with van der Waals surface area (Å²) in [5, 5.41) is 8.74. The molecule has 1 aromatic rings. The molecule has 0 aromatic carbocycles. The fourth-order valence-electron chi connectivity index (χ4n) is 1.89. The Labute approximate surface area is 87.8 Å². The quantitative estimate of drug-likeness (QED) is 0.634. The van der Waals surface area contributed by atoms with Gasteiger partial charge in [-0.2, -0.15) is 0 Å². The lowest BCUT2D eigenvalue weighted by Crippen LogP contribution is -2.32. The Bertz CT molecular complexity index is 407. The number of aromatic amines is 1. The number of aliphatic carboxylic acids is 1. The van der Waals surface area contributed by atoms with Crippen LogP contribution in [0.5, 0.6) is 0 Å². The van der Waals surface area contributed by atoms with Crippen LogP contribution < -0.4 is 5.73 Å². The molecule has 1 aliphatic carbocycles. The molecule has 0 saturated carbocycles. The molecule has 0 unspecified atom stereocenters. The number of nitrogens with two attached hydrogens (primary N) is 1. The summed E-state index contributed by atoms with van der Waals surface area (Å²) in [4.78, 5) is 13.8. The zero-order valence-electron chi connectivity index (χ0n) is 8.36. The first-order chi connectivity index (χ1) is 7.18. The molecule has 0 radical (unpaired) electrons.